The lowest BCUT2D eigenvalue weighted by atomic mass is 10.1. The number of rotatable bonds is 12. The van der Waals surface area contributed by atoms with E-state index in [1.807, 2.05) is 38.1 Å². The van der Waals surface area contributed by atoms with Crippen LogP contribution < -0.4 is 14.4 Å². The van der Waals surface area contributed by atoms with Crippen molar-refractivity contribution in [1.82, 2.24) is 10.2 Å². The van der Waals surface area contributed by atoms with Gasteiger partial charge in [-0.05, 0) is 93.3 Å². The summed E-state index contributed by atoms with van der Waals surface area (Å²) >= 11 is 0. The number of amides is 2. The third-order valence-electron chi connectivity index (χ3n) is 7.59. The van der Waals surface area contributed by atoms with Gasteiger partial charge in [-0.15, -0.1) is 0 Å². The van der Waals surface area contributed by atoms with Crippen molar-refractivity contribution in [3.8, 4) is 5.75 Å². The lowest BCUT2D eigenvalue weighted by Gasteiger charge is -2.32. The molecular weight excluding hydrogens is 557 g/mol. The van der Waals surface area contributed by atoms with Crippen LogP contribution in [0.1, 0.15) is 50.7 Å². The first-order chi connectivity index (χ1) is 20.1. The number of ether oxygens (including phenoxy) is 1. The van der Waals surface area contributed by atoms with Crippen molar-refractivity contribution in [3.63, 3.8) is 0 Å². The third kappa shape index (κ3) is 7.47. The summed E-state index contributed by atoms with van der Waals surface area (Å²) in [4.78, 5) is 28.7. The Labute approximate surface area is 247 Å². The minimum Gasteiger partial charge on any atom is -0.494 e. The number of aryl methyl sites for hydroxylation is 1. The van der Waals surface area contributed by atoms with Gasteiger partial charge in [-0.25, -0.2) is 12.8 Å². The van der Waals surface area contributed by atoms with Gasteiger partial charge in [0.2, 0.25) is 11.8 Å². The van der Waals surface area contributed by atoms with E-state index >= 15 is 0 Å². The van der Waals surface area contributed by atoms with Crippen LogP contribution in [0.25, 0.3) is 0 Å². The number of hydrogen-bond acceptors (Lipinski definition) is 5. The Morgan fingerprint density at radius 2 is 1.64 bits per heavy atom. The first-order valence-corrected chi connectivity index (χ1v) is 15.7. The number of benzene rings is 3. The predicted molar refractivity (Wildman–Crippen MR) is 160 cm³/mol. The van der Waals surface area contributed by atoms with Crippen LogP contribution in [0.2, 0.25) is 0 Å². The second kappa shape index (κ2) is 13.8. The maximum Gasteiger partial charge on any atom is 0.264 e. The van der Waals surface area contributed by atoms with E-state index in [1.165, 1.54) is 29.2 Å². The van der Waals surface area contributed by atoms with E-state index in [1.54, 1.807) is 19.1 Å². The van der Waals surface area contributed by atoms with E-state index in [-0.39, 0.29) is 29.1 Å². The Morgan fingerprint density at radius 1 is 1.00 bits per heavy atom. The van der Waals surface area contributed by atoms with E-state index in [0.29, 0.717) is 12.4 Å². The van der Waals surface area contributed by atoms with Crippen LogP contribution in [-0.4, -0.2) is 50.4 Å². The SMILES string of the molecule is CCOc1ccc(S(=O)(=O)N(CC(=O)N(Cc2ccccc2C)[C@H](C)C(=O)NC2CCCC2)c2ccc(F)cc2)cc1. The average molecular weight is 596 g/mol. The van der Waals surface area contributed by atoms with E-state index in [0.717, 1.165) is 53.2 Å². The van der Waals surface area contributed by atoms with Crippen molar-refractivity contribution in [3.05, 3.63) is 89.7 Å². The van der Waals surface area contributed by atoms with Crippen LogP contribution in [0.4, 0.5) is 10.1 Å². The fraction of sp³-hybridized carbons (Fsp3) is 0.375. The van der Waals surface area contributed by atoms with Crippen molar-refractivity contribution in [2.75, 3.05) is 17.5 Å². The molecule has 0 saturated heterocycles. The van der Waals surface area contributed by atoms with E-state index in [4.69, 9.17) is 4.74 Å². The zero-order valence-electron chi connectivity index (χ0n) is 24.3. The largest absolute Gasteiger partial charge is 0.494 e. The molecule has 0 spiro atoms. The van der Waals surface area contributed by atoms with Gasteiger partial charge in [-0.2, -0.15) is 0 Å². The van der Waals surface area contributed by atoms with Gasteiger partial charge in [0.25, 0.3) is 10.0 Å². The van der Waals surface area contributed by atoms with Gasteiger partial charge in [0.05, 0.1) is 17.2 Å². The number of nitrogens with one attached hydrogen (secondary N) is 1. The topological polar surface area (TPSA) is 96.0 Å². The molecule has 1 saturated carbocycles. The Balaban J connectivity index is 1.68. The standard InChI is InChI=1S/C32H38FN3O5S/c1-4-41-29-17-19-30(20-18-29)42(39,40)36(28-15-13-26(33)14-16-28)22-31(37)35(21-25-10-6-5-9-23(25)2)24(3)32(38)34-27-11-7-8-12-27/h5-6,9-10,13-20,24,27H,4,7-8,11-12,21-22H2,1-3H3,(H,34,38)/t24-/m1/s1. The molecule has 0 bridgehead atoms. The molecule has 1 aliphatic carbocycles. The van der Waals surface area contributed by atoms with Crippen molar-refractivity contribution in [2.45, 2.75) is 70.0 Å². The van der Waals surface area contributed by atoms with Gasteiger partial charge in [0, 0.05) is 12.6 Å². The summed E-state index contributed by atoms with van der Waals surface area (Å²) in [6.07, 6.45) is 3.87. The quantitative estimate of drug-likeness (QED) is 0.310. The molecule has 8 nitrogen and oxygen atoms in total. The number of hydrogen-bond donors (Lipinski definition) is 1. The zero-order valence-corrected chi connectivity index (χ0v) is 25.1. The number of nitrogens with zero attached hydrogens (tertiary/aromatic N) is 2. The molecule has 1 aliphatic rings. The van der Waals surface area contributed by atoms with Crippen LogP contribution in [0.3, 0.4) is 0 Å². The van der Waals surface area contributed by atoms with Gasteiger partial charge in [-0.1, -0.05) is 37.1 Å². The maximum atomic E-state index is 14.1. The summed E-state index contributed by atoms with van der Waals surface area (Å²) in [6.45, 7) is 5.35. The molecule has 10 heteroatoms. The highest BCUT2D eigenvalue weighted by molar-refractivity contribution is 7.92. The predicted octanol–water partition coefficient (Wildman–Crippen LogP) is 5.20. The van der Waals surface area contributed by atoms with Crippen molar-refractivity contribution < 1.29 is 27.1 Å². The normalized spacial score (nSPS) is 14.3. The molecule has 0 heterocycles. The molecule has 2 amide bonds. The van der Waals surface area contributed by atoms with Gasteiger partial charge >= 0.3 is 0 Å². The minimum absolute atomic E-state index is 0.0550. The Hall–Kier alpha value is -3.92. The first-order valence-electron chi connectivity index (χ1n) is 14.3. The molecule has 0 unspecified atom stereocenters. The molecule has 1 fully saturated rings. The maximum absolute atomic E-state index is 14.1. The van der Waals surface area contributed by atoms with Gasteiger partial charge in [0.15, 0.2) is 0 Å². The molecular formula is C32H38FN3O5S. The van der Waals surface area contributed by atoms with Crippen LogP contribution in [0, 0.1) is 12.7 Å². The highest BCUT2D eigenvalue weighted by Crippen LogP contribution is 2.27. The zero-order chi connectivity index (χ0) is 30.3. The van der Waals surface area contributed by atoms with E-state index in [2.05, 4.69) is 5.32 Å². The Bertz CT molecular complexity index is 1470. The molecule has 0 radical (unpaired) electrons. The number of sulfonamides is 1. The molecule has 1 atom stereocenters. The lowest BCUT2D eigenvalue weighted by Crippen LogP contribution is -2.52. The highest BCUT2D eigenvalue weighted by atomic mass is 32.2. The molecule has 4 rings (SSSR count). The molecule has 0 aromatic heterocycles. The van der Waals surface area contributed by atoms with Crippen LogP contribution in [-0.2, 0) is 26.2 Å². The minimum atomic E-state index is -4.27. The summed E-state index contributed by atoms with van der Waals surface area (Å²) in [6, 6.07) is 17.6. The molecule has 0 aliphatic heterocycles. The van der Waals surface area contributed by atoms with E-state index in [9.17, 15) is 22.4 Å². The lowest BCUT2D eigenvalue weighted by molar-refractivity contribution is -0.139. The monoisotopic (exact) mass is 595 g/mol. The summed E-state index contributed by atoms with van der Waals surface area (Å²) < 4.78 is 48.1. The fourth-order valence-electron chi connectivity index (χ4n) is 5.08. The smallest absolute Gasteiger partial charge is 0.264 e. The van der Waals surface area contributed by atoms with Crippen molar-refractivity contribution in [1.29, 1.82) is 0 Å². The molecule has 42 heavy (non-hydrogen) atoms. The Kier molecular flexibility index (Phi) is 10.2. The van der Waals surface area contributed by atoms with Crippen molar-refractivity contribution in [2.24, 2.45) is 0 Å². The number of carbonyl (C=O) groups excluding carboxylic acids is 2. The highest BCUT2D eigenvalue weighted by Gasteiger charge is 2.33. The number of anilines is 1. The summed E-state index contributed by atoms with van der Waals surface area (Å²) in [5.41, 5.74) is 1.91. The van der Waals surface area contributed by atoms with Crippen LogP contribution in [0.15, 0.2) is 77.7 Å². The summed E-state index contributed by atoms with van der Waals surface area (Å²) in [5.74, 6) is -0.882. The fourth-order valence-corrected chi connectivity index (χ4v) is 6.50. The molecule has 1 N–H and O–H groups in total. The average Bonchev–Trinajstić information content (AvgIpc) is 3.49. The van der Waals surface area contributed by atoms with Crippen LogP contribution in [0.5, 0.6) is 5.75 Å². The summed E-state index contributed by atoms with van der Waals surface area (Å²) in [7, 11) is -4.27. The van der Waals surface area contributed by atoms with Gasteiger partial charge < -0.3 is 15.0 Å². The van der Waals surface area contributed by atoms with Gasteiger partial charge in [-0.3, -0.25) is 13.9 Å². The first kappa shape index (κ1) is 31.0. The van der Waals surface area contributed by atoms with E-state index < -0.39 is 34.3 Å². The summed E-state index contributed by atoms with van der Waals surface area (Å²) in [5, 5.41) is 3.06. The molecule has 224 valence electrons. The molecule has 3 aromatic carbocycles. The number of halogens is 1. The molecule has 3 aromatic rings. The van der Waals surface area contributed by atoms with Crippen molar-refractivity contribution >= 4 is 27.5 Å². The second-order valence-electron chi connectivity index (χ2n) is 10.5. The van der Waals surface area contributed by atoms with Gasteiger partial charge in [0.1, 0.15) is 24.2 Å². The second-order valence-corrected chi connectivity index (χ2v) is 12.4. The van der Waals surface area contributed by atoms with Crippen LogP contribution >= 0.6 is 0 Å². The Morgan fingerprint density at radius 3 is 2.26 bits per heavy atom. The number of carbonyl (C=O) groups is 2. The third-order valence-corrected chi connectivity index (χ3v) is 9.38.